The quantitative estimate of drug-likeness (QED) is 0.236. The topological polar surface area (TPSA) is 26.3 Å². The molecule has 0 saturated heterocycles. The smallest absolute Gasteiger partial charge is 0.147 e. The number of fused-ring (bicyclic) bond motifs is 8. The highest BCUT2D eigenvalue weighted by molar-refractivity contribution is 6.69. The zero-order chi connectivity index (χ0) is 30.6. The van der Waals surface area contributed by atoms with E-state index in [0.29, 0.717) is 0 Å². The fourth-order valence-electron chi connectivity index (χ4n) is 7.81. The first-order valence-electron chi connectivity index (χ1n) is 15.7. The zero-order valence-electron chi connectivity index (χ0n) is 26.1. The van der Waals surface area contributed by atoms with E-state index < -0.39 is 0 Å². The maximum Gasteiger partial charge on any atom is 0.147 e. The molecule has 0 aliphatic rings. The summed E-state index contributed by atoms with van der Waals surface area (Å²) < 4.78 is 13.6. The van der Waals surface area contributed by atoms with Crippen LogP contribution in [0, 0.1) is 0 Å². The van der Waals surface area contributed by atoms with E-state index in [9.17, 15) is 0 Å². The molecule has 45 heavy (non-hydrogen) atoms. The highest BCUT2D eigenvalue weighted by atomic mass is 16.3. The summed E-state index contributed by atoms with van der Waals surface area (Å²) in [5, 5.41) is 9.29. The van der Waals surface area contributed by atoms with Crippen molar-refractivity contribution < 1.29 is 8.83 Å². The van der Waals surface area contributed by atoms with Gasteiger partial charge in [0.25, 0.3) is 0 Å². The van der Waals surface area contributed by atoms with E-state index in [1.54, 1.807) is 0 Å². The fourth-order valence-corrected chi connectivity index (χ4v) is 7.81. The molecule has 0 amide bonds. The van der Waals surface area contributed by atoms with Gasteiger partial charge in [0, 0.05) is 27.1 Å². The lowest BCUT2D eigenvalue weighted by atomic mass is 9.59. The predicted octanol–water partition coefficient (Wildman–Crippen LogP) is 2.42. The second-order valence-corrected chi connectivity index (χ2v) is 12.5. The van der Waals surface area contributed by atoms with Gasteiger partial charge in [-0.3, -0.25) is 0 Å². The lowest BCUT2D eigenvalue weighted by Gasteiger charge is -2.24. The molecule has 2 heterocycles. The summed E-state index contributed by atoms with van der Waals surface area (Å²) in [5.74, 6) is 0. The van der Waals surface area contributed by atoms with Gasteiger partial charge in [-0.25, -0.2) is 0 Å². The third-order valence-corrected chi connectivity index (χ3v) is 10.4. The third-order valence-electron chi connectivity index (χ3n) is 10.4. The maximum absolute atomic E-state index is 6.78. The van der Waals surface area contributed by atoms with Crippen LogP contribution in [0.2, 0.25) is 0 Å². The zero-order valence-corrected chi connectivity index (χ0v) is 26.1. The molecular weight excluding hydrogens is 542 g/mol. The van der Waals surface area contributed by atoms with Crippen molar-refractivity contribution in [2.24, 2.45) is 0 Å². The van der Waals surface area contributed by atoms with Gasteiger partial charge in [-0.15, -0.1) is 16.4 Å². The minimum Gasteiger partial charge on any atom is -0.455 e. The van der Waals surface area contributed by atoms with Crippen molar-refractivity contribution in [2.75, 3.05) is 0 Å². The second kappa shape index (κ2) is 9.49. The van der Waals surface area contributed by atoms with Crippen LogP contribution in [0.1, 0.15) is 0 Å². The molecule has 9 aromatic rings. The van der Waals surface area contributed by atoms with Crippen molar-refractivity contribution in [2.45, 2.75) is 0 Å². The van der Waals surface area contributed by atoms with Crippen LogP contribution in [0.4, 0.5) is 0 Å². The highest BCUT2D eigenvalue weighted by Gasteiger charge is 2.26. The number of furan rings is 2. The number of para-hydroxylation sites is 2. The van der Waals surface area contributed by atoms with Crippen LogP contribution in [0.25, 0.3) is 87.7 Å². The van der Waals surface area contributed by atoms with Gasteiger partial charge < -0.3 is 8.83 Å². The molecule has 0 spiro atoms. The highest BCUT2D eigenvalue weighted by Crippen LogP contribution is 2.50. The lowest BCUT2D eigenvalue weighted by molar-refractivity contribution is 0.658. The first-order valence-corrected chi connectivity index (χ1v) is 15.7. The number of hydrogen-bond acceptors (Lipinski definition) is 2. The maximum atomic E-state index is 6.78. The van der Waals surface area contributed by atoms with Crippen molar-refractivity contribution in [1.82, 2.24) is 0 Å². The summed E-state index contributed by atoms with van der Waals surface area (Å²) in [6.07, 6.45) is 0. The van der Waals surface area contributed by atoms with E-state index >= 15 is 0 Å². The standard InChI is InChI=1S/C38H27B5O2/c39-32-30(33(40)35(42)36(43)34(32)41)28-20-11-1-3-13-22(20)29(23-14-4-2-12-21(23)28)31-37-24(18-9-5-7-15-26(18)44-37)17-25-19-10-6-8-16-27(19)45-38(25)31/h1-17H,39-43H2. The molecule has 0 unspecified atom stereocenters. The normalized spacial score (nSPS) is 12.0. The van der Waals surface area contributed by atoms with E-state index in [2.05, 4.69) is 130 Å². The summed E-state index contributed by atoms with van der Waals surface area (Å²) in [6, 6.07) is 36.7. The van der Waals surface area contributed by atoms with Crippen LogP contribution in [0.3, 0.4) is 0 Å². The molecule has 9 rings (SSSR count). The van der Waals surface area contributed by atoms with E-state index in [4.69, 9.17) is 8.83 Å². The molecule has 7 aromatic carbocycles. The Morgan fingerprint density at radius 3 is 1.07 bits per heavy atom. The Balaban J connectivity index is 1.55. The van der Waals surface area contributed by atoms with Crippen molar-refractivity contribution in [3.63, 3.8) is 0 Å². The van der Waals surface area contributed by atoms with Gasteiger partial charge in [0.05, 0.1) is 5.56 Å². The molecule has 0 N–H and O–H groups in total. The summed E-state index contributed by atoms with van der Waals surface area (Å²) in [7, 11) is 11.4. The molecule has 0 fully saturated rings. The van der Waals surface area contributed by atoms with Gasteiger partial charge in [0.15, 0.2) is 0 Å². The molecule has 0 aliphatic heterocycles. The Kier molecular flexibility index (Phi) is 5.57. The van der Waals surface area contributed by atoms with Gasteiger partial charge >= 0.3 is 0 Å². The third kappa shape index (κ3) is 3.53. The Bertz CT molecular complexity index is 2540. The van der Waals surface area contributed by atoms with Gasteiger partial charge in [0.2, 0.25) is 0 Å². The van der Waals surface area contributed by atoms with Gasteiger partial charge in [-0.2, -0.15) is 0 Å². The first kappa shape index (κ1) is 26.4. The van der Waals surface area contributed by atoms with Gasteiger partial charge in [0.1, 0.15) is 61.6 Å². The van der Waals surface area contributed by atoms with Crippen molar-refractivity contribution in [1.29, 1.82) is 0 Å². The molecule has 7 heteroatoms. The first-order chi connectivity index (χ1) is 21.9. The van der Waals surface area contributed by atoms with E-state index in [1.807, 2.05) is 12.1 Å². The average Bonchev–Trinajstić information content (AvgIpc) is 3.64. The Hall–Kier alpha value is -5.02. The van der Waals surface area contributed by atoms with Crippen molar-refractivity contribution in [3.8, 4) is 22.3 Å². The summed E-state index contributed by atoms with van der Waals surface area (Å²) in [6.45, 7) is 0. The Morgan fingerprint density at radius 2 is 0.644 bits per heavy atom. The molecular formula is C38H27B5O2. The van der Waals surface area contributed by atoms with Crippen LogP contribution in [0.5, 0.6) is 0 Å². The van der Waals surface area contributed by atoms with Crippen molar-refractivity contribution >= 4 is 132 Å². The molecule has 0 saturated carbocycles. The van der Waals surface area contributed by atoms with E-state index in [-0.39, 0.29) is 0 Å². The average molecular weight is 570 g/mol. The number of hydrogen-bond donors (Lipinski definition) is 0. The molecule has 206 valence electrons. The predicted molar refractivity (Wildman–Crippen MR) is 208 cm³/mol. The summed E-state index contributed by atoms with van der Waals surface area (Å²) in [4.78, 5) is 0. The van der Waals surface area contributed by atoms with Crippen LogP contribution in [-0.4, -0.2) is 39.2 Å². The SMILES string of the molecule is Bc1c(B)c(B)c(-c2c3ccccc3c(-c3c4oc5ccccc5c4cc4c3oc3ccccc34)c3ccccc23)c(B)c1B. The fraction of sp³-hybridized carbons (Fsp3) is 0. The molecule has 2 aromatic heterocycles. The Morgan fingerprint density at radius 1 is 0.311 bits per heavy atom. The molecule has 0 radical (unpaired) electrons. The largest absolute Gasteiger partial charge is 0.455 e. The minimum absolute atomic E-state index is 0.861. The molecule has 2 nitrogen and oxygen atoms in total. The van der Waals surface area contributed by atoms with E-state index in [0.717, 1.165) is 55.0 Å². The van der Waals surface area contributed by atoms with Gasteiger partial charge in [-0.1, -0.05) is 95.9 Å². The van der Waals surface area contributed by atoms with Crippen LogP contribution in [-0.2, 0) is 0 Å². The van der Waals surface area contributed by atoms with Crippen LogP contribution >= 0.6 is 0 Å². The summed E-state index contributed by atoms with van der Waals surface area (Å²) in [5.41, 5.74) is 15.1. The number of rotatable bonds is 2. The van der Waals surface area contributed by atoms with Crippen LogP contribution < -0.4 is 27.3 Å². The number of benzene rings is 7. The van der Waals surface area contributed by atoms with E-state index in [1.165, 1.54) is 60.0 Å². The lowest BCUT2D eigenvalue weighted by Crippen LogP contribution is -2.55. The molecule has 0 aliphatic carbocycles. The van der Waals surface area contributed by atoms with Gasteiger partial charge in [-0.05, 0) is 50.9 Å². The monoisotopic (exact) mass is 570 g/mol. The van der Waals surface area contributed by atoms with Crippen molar-refractivity contribution in [3.05, 3.63) is 103 Å². The van der Waals surface area contributed by atoms with Crippen LogP contribution in [0.15, 0.2) is 112 Å². The minimum atomic E-state index is 0.861. The molecule has 0 atom stereocenters. The Labute approximate surface area is 265 Å². The molecule has 0 bridgehead atoms. The summed E-state index contributed by atoms with van der Waals surface area (Å²) >= 11 is 0. The second-order valence-electron chi connectivity index (χ2n) is 12.5.